The Morgan fingerprint density at radius 3 is 2.48 bits per heavy atom. The number of benzene rings is 1. The second kappa shape index (κ2) is 6.93. The van der Waals surface area contributed by atoms with E-state index in [9.17, 15) is 8.42 Å². The zero-order valence-electron chi connectivity index (χ0n) is 13.3. The molecule has 1 N–H and O–H groups in total. The molecule has 0 aromatic heterocycles. The number of nitrogens with one attached hydrogen (secondary N) is 1. The van der Waals surface area contributed by atoms with E-state index in [1.807, 2.05) is 24.3 Å². The van der Waals surface area contributed by atoms with Crippen LogP contribution < -0.4 is 5.32 Å². The van der Waals surface area contributed by atoms with Gasteiger partial charge in [0.05, 0.1) is 5.75 Å². The Kier molecular flexibility index (Phi) is 5.44. The maximum Gasteiger partial charge on any atom is 0.151 e. The standard InChI is InChI=1S/C17H27NO2S/c1-13-7-6-10-17(14(13)2)18-11-15-8-4-5-9-16(15)12-21(3,19)20/h4-5,8-9,13-14,17-18H,6-7,10-12H2,1-3H3/t13-,14-,17+/m1/s1. The third kappa shape index (κ3) is 4.82. The summed E-state index contributed by atoms with van der Waals surface area (Å²) in [6, 6.07) is 8.39. The van der Waals surface area contributed by atoms with Crippen LogP contribution >= 0.6 is 0 Å². The second-order valence-corrected chi connectivity index (χ2v) is 8.73. The molecule has 1 saturated carbocycles. The molecule has 0 radical (unpaired) electrons. The van der Waals surface area contributed by atoms with Gasteiger partial charge in [-0.1, -0.05) is 51.0 Å². The molecule has 21 heavy (non-hydrogen) atoms. The highest BCUT2D eigenvalue weighted by Gasteiger charge is 2.26. The number of hydrogen-bond donors (Lipinski definition) is 1. The molecule has 0 heterocycles. The average Bonchev–Trinajstić information content (AvgIpc) is 2.40. The van der Waals surface area contributed by atoms with Crippen LogP contribution in [-0.2, 0) is 22.1 Å². The molecule has 0 spiro atoms. The summed E-state index contributed by atoms with van der Waals surface area (Å²) in [7, 11) is -2.99. The van der Waals surface area contributed by atoms with Gasteiger partial charge in [0, 0.05) is 18.8 Å². The molecular formula is C17H27NO2S. The van der Waals surface area contributed by atoms with Crippen LogP contribution in [0.2, 0.25) is 0 Å². The molecule has 1 fully saturated rings. The van der Waals surface area contributed by atoms with E-state index in [0.29, 0.717) is 12.0 Å². The Labute approximate surface area is 129 Å². The van der Waals surface area contributed by atoms with Gasteiger partial charge in [-0.25, -0.2) is 8.42 Å². The van der Waals surface area contributed by atoms with Crippen molar-refractivity contribution in [2.75, 3.05) is 6.26 Å². The Morgan fingerprint density at radius 2 is 1.81 bits per heavy atom. The summed E-state index contributed by atoms with van der Waals surface area (Å²) < 4.78 is 23.1. The summed E-state index contributed by atoms with van der Waals surface area (Å²) in [5.74, 6) is 1.57. The summed E-state index contributed by atoms with van der Waals surface area (Å²) in [6.07, 6.45) is 5.13. The van der Waals surface area contributed by atoms with Crippen molar-refractivity contribution in [3.63, 3.8) is 0 Å². The molecule has 0 amide bonds. The first kappa shape index (κ1) is 16.5. The third-order valence-corrected chi connectivity index (χ3v) is 5.63. The molecular weight excluding hydrogens is 282 g/mol. The Hall–Kier alpha value is -0.870. The molecule has 1 aromatic carbocycles. The highest BCUT2D eigenvalue weighted by molar-refractivity contribution is 7.89. The van der Waals surface area contributed by atoms with Gasteiger partial charge in [0.25, 0.3) is 0 Å². The first-order valence-corrected chi connectivity index (χ1v) is 9.91. The predicted octanol–water partition coefficient (Wildman–Crippen LogP) is 3.15. The molecule has 1 aromatic rings. The van der Waals surface area contributed by atoms with Gasteiger partial charge in [-0.3, -0.25) is 0 Å². The van der Waals surface area contributed by atoms with E-state index >= 15 is 0 Å². The molecule has 3 atom stereocenters. The largest absolute Gasteiger partial charge is 0.310 e. The predicted molar refractivity (Wildman–Crippen MR) is 87.8 cm³/mol. The zero-order chi connectivity index (χ0) is 15.5. The maximum absolute atomic E-state index is 11.5. The van der Waals surface area contributed by atoms with Gasteiger partial charge in [0.1, 0.15) is 0 Å². The van der Waals surface area contributed by atoms with Crippen LogP contribution in [0.15, 0.2) is 24.3 Å². The van der Waals surface area contributed by atoms with Crippen molar-refractivity contribution >= 4 is 9.84 Å². The topological polar surface area (TPSA) is 46.2 Å². The Morgan fingerprint density at radius 1 is 1.14 bits per heavy atom. The molecule has 3 nitrogen and oxygen atoms in total. The first-order valence-electron chi connectivity index (χ1n) is 7.84. The van der Waals surface area contributed by atoms with Crippen LogP contribution in [0, 0.1) is 11.8 Å². The minimum absolute atomic E-state index is 0.126. The SMILES string of the molecule is C[C@@H]1[C@H](C)CCC[C@@H]1NCc1ccccc1CS(C)(=O)=O. The van der Waals surface area contributed by atoms with E-state index < -0.39 is 9.84 Å². The smallest absolute Gasteiger partial charge is 0.151 e. The highest BCUT2D eigenvalue weighted by Crippen LogP contribution is 2.29. The molecule has 0 bridgehead atoms. The lowest BCUT2D eigenvalue weighted by Crippen LogP contribution is -2.40. The van der Waals surface area contributed by atoms with Crippen LogP contribution in [0.4, 0.5) is 0 Å². The third-order valence-electron chi connectivity index (χ3n) is 4.80. The Balaban J connectivity index is 2.03. The van der Waals surface area contributed by atoms with E-state index in [-0.39, 0.29) is 5.75 Å². The van der Waals surface area contributed by atoms with Crippen molar-refractivity contribution in [2.45, 2.75) is 51.4 Å². The van der Waals surface area contributed by atoms with E-state index in [4.69, 9.17) is 0 Å². The number of sulfone groups is 1. The lowest BCUT2D eigenvalue weighted by molar-refractivity contribution is 0.206. The minimum Gasteiger partial charge on any atom is -0.310 e. The van der Waals surface area contributed by atoms with Gasteiger partial charge in [-0.2, -0.15) is 0 Å². The van der Waals surface area contributed by atoms with Gasteiger partial charge in [-0.15, -0.1) is 0 Å². The molecule has 1 aliphatic carbocycles. The summed E-state index contributed by atoms with van der Waals surface area (Å²) >= 11 is 0. The van der Waals surface area contributed by atoms with Crippen molar-refractivity contribution in [3.05, 3.63) is 35.4 Å². The number of rotatable bonds is 5. The molecule has 0 saturated heterocycles. The lowest BCUT2D eigenvalue weighted by atomic mass is 9.78. The fourth-order valence-corrected chi connectivity index (χ4v) is 4.11. The highest BCUT2D eigenvalue weighted by atomic mass is 32.2. The molecule has 4 heteroatoms. The molecule has 1 aliphatic rings. The van der Waals surface area contributed by atoms with Crippen LogP contribution in [0.25, 0.3) is 0 Å². The van der Waals surface area contributed by atoms with Crippen LogP contribution in [0.5, 0.6) is 0 Å². The van der Waals surface area contributed by atoms with Crippen LogP contribution in [0.3, 0.4) is 0 Å². The fraction of sp³-hybridized carbons (Fsp3) is 0.647. The van der Waals surface area contributed by atoms with E-state index in [1.54, 1.807) is 0 Å². The molecule has 118 valence electrons. The molecule has 0 unspecified atom stereocenters. The van der Waals surface area contributed by atoms with Crippen LogP contribution in [0.1, 0.15) is 44.2 Å². The van der Waals surface area contributed by atoms with E-state index in [0.717, 1.165) is 23.6 Å². The average molecular weight is 309 g/mol. The monoisotopic (exact) mass is 309 g/mol. The molecule has 0 aliphatic heterocycles. The van der Waals surface area contributed by atoms with Gasteiger partial charge in [0.2, 0.25) is 0 Å². The summed E-state index contributed by atoms with van der Waals surface area (Å²) in [5, 5.41) is 3.65. The van der Waals surface area contributed by atoms with Crippen molar-refractivity contribution in [2.24, 2.45) is 11.8 Å². The maximum atomic E-state index is 11.5. The lowest BCUT2D eigenvalue weighted by Gasteiger charge is -2.35. The van der Waals surface area contributed by atoms with Crippen molar-refractivity contribution < 1.29 is 8.42 Å². The first-order chi connectivity index (χ1) is 9.87. The number of hydrogen-bond acceptors (Lipinski definition) is 3. The van der Waals surface area contributed by atoms with Crippen molar-refractivity contribution in [1.29, 1.82) is 0 Å². The Bertz CT molecular complexity index is 568. The van der Waals surface area contributed by atoms with E-state index in [2.05, 4.69) is 19.2 Å². The summed E-state index contributed by atoms with van der Waals surface area (Å²) in [4.78, 5) is 0. The zero-order valence-corrected chi connectivity index (χ0v) is 14.1. The second-order valence-electron chi connectivity index (χ2n) is 6.59. The minimum atomic E-state index is -2.99. The van der Waals surface area contributed by atoms with Gasteiger partial charge in [-0.05, 0) is 29.4 Å². The summed E-state index contributed by atoms with van der Waals surface area (Å²) in [5.41, 5.74) is 2.03. The van der Waals surface area contributed by atoms with Crippen molar-refractivity contribution in [3.8, 4) is 0 Å². The van der Waals surface area contributed by atoms with Gasteiger partial charge in [0.15, 0.2) is 9.84 Å². The summed E-state index contributed by atoms with van der Waals surface area (Å²) in [6.45, 7) is 5.41. The van der Waals surface area contributed by atoms with Crippen LogP contribution in [-0.4, -0.2) is 20.7 Å². The van der Waals surface area contributed by atoms with Gasteiger partial charge < -0.3 is 5.32 Å². The van der Waals surface area contributed by atoms with Crippen molar-refractivity contribution in [1.82, 2.24) is 5.32 Å². The van der Waals surface area contributed by atoms with E-state index in [1.165, 1.54) is 25.5 Å². The van der Waals surface area contributed by atoms with Gasteiger partial charge >= 0.3 is 0 Å². The fourth-order valence-electron chi connectivity index (χ4n) is 3.26. The quantitative estimate of drug-likeness (QED) is 0.909. The normalized spacial score (nSPS) is 26.7. The molecule has 2 rings (SSSR count).